The minimum Gasteiger partial charge on any atom is -0.379 e. The van der Waals surface area contributed by atoms with E-state index >= 15 is 0 Å². The summed E-state index contributed by atoms with van der Waals surface area (Å²) in [5.74, 6) is 0. The molecule has 1 saturated heterocycles. The monoisotopic (exact) mass is 294 g/mol. The van der Waals surface area contributed by atoms with Crippen LogP contribution in [0.5, 0.6) is 0 Å². The molecule has 1 aromatic carbocycles. The van der Waals surface area contributed by atoms with Crippen molar-refractivity contribution >= 4 is 10.0 Å². The predicted octanol–water partition coefficient (Wildman–Crippen LogP) is 0.730. The Morgan fingerprint density at radius 3 is 2.45 bits per heavy atom. The SMILES string of the molecule is C#CN(C)S(=O)(=O)c1ccc(CN2CCOCC2)cc1. The summed E-state index contributed by atoms with van der Waals surface area (Å²) in [7, 11) is -2.22. The topological polar surface area (TPSA) is 49.9 Å². The summed E-state index contributed by atoms with van der Waals surface area (Å²) in [5.41, 5.74) is 1.08. The molecule has 1 aromatic rings. The second-order valence-corrected chi connectivity index (χ2v) is 6.60. The molecule has 0 N–H and O–H groups in total. The Kier molecular flexibility index (Phi) is 4.65. The van der Waals surface area contributed by atoms with Crippen molar-refractivity contribution in [3.8, 4) is 12.5 Å². The number of hydrogen-bond donors (Lipinski definition) is 0. The van der Waals surface area contributed by atoms with E-state index in [1.807, 2.05) is 12.1 Å². The summed E-state index contributed by atoms with van der Waals surface area (Å²) in [4.78, 5) is 2.49. The summed E-state index contributed by atoms with van der Waals surface area (Å²) in [6, 6.07) is 8.95. The van der Waals surface area contributed by atoms with Crippen molar-refractivity contribution in [3.05, 3.63) is 29.8 Å². The van der Waals surface area contributed by atoms with Gasteiger partial charge in [0.25, 0.3) is 10.0 Å². The maximum atomic E-state index is 12.0. The molecule has 5 nitrogen and oxygen atoms in total. The number of ether oxygens (including phenoxy) is 1. The van der Waals surface area contributed by atoms with Crippen LogP contribution in [0.3, 0.4) is 0 Å². The van der Waals surface area contributed by atoms with Gasteiger partial charge in [0.05, 0.1) is 18.1 Å². The molecular weight excluding hydrogens is 276 g/mol. The largest absolute Gasteiger partial charge is 0.379 e. The molecule has 0 amide bonds. The van der Waals surface area contributed by atoms with Crippen molar-refractivity contribution in [1.29, 1.82) is 0 Å². The zero-order valence-corrected chi connectivity index (χ0v) is 12.3. The first kappa shape index (κ1) is 14.9. The second-order valence-electron chi connectivity index (χ2n) is 4.63. The number of hydrogen-bond acceptors (Lipinski definition) is 4. The van der Waals surface area contributed by atoms with Crippen LogP contribution in [0.15, 0.2) is 29.2 Å². The number of terminal acetylenes is 1. The highest BCUT2D eigenvalue weighted by atomic mass is 32.2. The molecule has 0 radical (unpaired) electrons. The van der Waals surface area contributed by atoms with Crippen molar-refractivity contribution in [3.63, 3.8) is 0 Å². The molecule has 2 rings (SSSR count). The van der Waals surface area contributed by atoms with Crippen LogP contribution in [-0.2, 0) is 21.3 Å². The van der Waals surface area contributed by atoms with Gasteiger partial charge in [0.2, 0.25) is 0 Å². The third-order valence-corrected chi connectivity index (χ3v) is 4.97. The molecule has 0 spiro atoms. The quantitative estimate of drug-likeness (QED) is 0.607. The molecule has 0 atom stereocenters. The van der Waals surface area contributed by atoms with Gasteiger partial charge in [-0.3, -0.25) is 4.90 Å². The Morgan fingerprint density at radius 1 is 1.30 bits per heavy atom. The Morgan fingerprint density at radius 2 is 1.90 bits per heavy atom. The van der Waals surface area contributed by atoms with Gasteiger partial charge >= 0.3 is 0 Å². The molecule has 0 saturated carbocycles. The van der Waals surface area contributed by atoms with Crippen LogP contribution in [0.25, 0.3) is 0 Å². The number of rotatable bonds is 4. The molecule has 6 heteroatoms. The van der Waals surface area contributed by atoms with E-state index in [9.17, 15) is 8.42 Å². The third kappa shape index (κ3) is 3.31. The standard InChI is InChI=1S/C14H18N2O3S/c1-3-15(2)20(17,18)14-6-4-13(5-7-14)12-16-8-10-19-11-9-16/h1,4-7H,8-12H2,2H3. The van der Waals surface area contributed by atoms with E-state index in [1.54, 1.807) is 12.1 Å². The minimum atomic E-state index is -3.58. The van der Waals surface area contributed by atoms with Crippen molar-refractivity contribution in [2.45, 2.75) is 11.4 Å². The van der Waals surface area contributed by atoms with Gasteiger partial charge in [-0.2, -0.15) is 0 Å². The van der Waals surface area contributed by atoms with E-state index in [4.69, 9.17) is 11.2 Å². The Bertz CT molecular complexity index is 584. The zero-order chi connectivity index (χ0) is 14.6. The van der Waals surface area contributed by atoms with Crippen LogP contribution in [0, 0.1) is 12.5 Å². The molecule has 0 unspecified atom stereocenters. The second kappa shape index (κ2) is 6.27. The first-order valence-corrected chi connectivity index (χ1v) is 7.82. The maximum absolute atomic E-state index is 12.0. The lowest BCUT2D eigenvalue weighted by molar-refractivity contribution is 0.0342. The molecule has 1 aliphatic rings. The molecule has 1 heterocycles. The molecule has 108 valence electrons. The summed E-state index contributed by atoms with van der Waals surface area (Å²) in [6.45, 7) is 4.10. The lowest BCUT2D eigenvalue weighted by atomic mass is 10.2. The molecular formula is C14H18N2O3S. The first-order valence-electron chi connectivity index (χ1n) is 6.38. The average molecular weight is 294 g/mol. The van der Waals surface area contributed by atoms with Gasteiger partial charge in [0.1, 0.15) is 0 Å². The number of sulfonamides is 1. The summed E-state index contributed by atoms with van der Waals surface area (Å²) < 4.78 is 30.2. The maximum Gasteiger partial charge on any atom is 0.270 e. The third-order valence-electron chi connectivity index (χ3n) is 3.27. The fraction of sp³-hybridized carbons (Fsp3) is 0.429. The van der Waals surface area contributed by atoms with Crippen LogP contribution in [0.1, 0.15) is 5.56 Å². The molecule has 20 heavy (non-hydrogen) atoms. The van der Waals surface area contributed by atoms with Gasteiger partial charge in [-0.25, -0.2) is 12.7 Å². The average Bonchev–Trinajstić information content (AvgIpc) is 2.48. The van der Waals surface area contributed by atoms with Gasteiger partial charge in [0, 0.05) is 32.7 Å². The highest BCUT2D eigenvalue weighted by molar-refractivity contribution is 7.89. The number of nitrogens with zero attached hydrogens (tertiary/aromatic N) is 2. The van der Waals surface area contributed by atoms with Crippen LogP contribution >= 0.6 is 0 Å². The van der Waals surface area contributed by atoms with Crippen LogP contribution < -0.4 is 0 Å². The van der Waals surface area contributed by atoms with E-state index in [-0.39, 0.29) is 4.90 Å². The number of morpholine rings is 1. The van der Waals surface area contributed by atoms with Crippen molar-refractivity contribution in [2.24, 2.45) is 0 Å². The summed E-state index contributed by atoms with van der Waals surface area (Å²) in [6.07, 6.45) is 5.13. The molecule has 1 aliphatic heterocycles. The normalized spacial score (nSPS) is 16.6. The molecule has 1 fully saturated rings. The lowest BCUT2D eigenvalue weighted by Gasteiger charge is -2.26. The van der Waals surface area contributed by atoms with Crippen LogP contribution in [0.2, 0.25) is 0 Å². The van der Waals surface area contributed by atoms with E-state index in [2.05, 4.69) is 10.9 Å². The van der Waals surface area contributed by atoms with E-state index in [0.717, 1.165) is 42.7 Å². The zero-order valence-electron chi connectivity index (χ0n) is 11.4. The Hall–Kier alpha value is -1.55. The summed E-state index contributed by atoms with van der Waals surface area (Å²) >= 11 is 0. The van der Waals surface area contributed by atoms with Gasteiger partial charge in [0.15, 0.2) is 0 Å². The van der Waals surface area contributed by atoms with Gasteiger partial charge < -0.3 is 4.74 Å². The van der Waals surface area contributed by atoms with Crippen molar-refractivity contribution in [2.75, 3.05) is 33.4 Å². The number of benzene rings is 1. The van der Waals surface area contributed by atoms with E-state index in [1.165, 1.54) is 7.05 Å². The van der Waals surface area contributed by atoms with E-state index in [0.29, 0.717) is 0 Å². The Labute approximate surface area is 120 Å². The van der Waals surface area contributed by atoms with Crippen molar-refractivity contribution < 1.29 is 13.2 Å². The van der Waals surface area contributed by atoms with Gasteiger partial charge in [-0.15, -0.1) is 0 Å². The van der Waals surface area contributed by atoms with Crippen LogP contribution in [-0.4, -0.2) is 51.0 Å². The van der Waals surface area contributed by atoms with Crippen molar-refractivity contribution in [1.82, 2.24) is 9.21 Å². The fourth-order valence-electron chi connectivity index (χ4n) is 2.01. The van der Waals surface area contributed by atoms with Gasteiger partial charge in [-0.1, -0.05) is 18.6 Å². The molecule has 0 aliphatic carbocycles. The van der Waals surface area contributed by atoms with Crippen LogP contribution in [0.4, 0.5) is 0 Å². The molecule has 0 bridgehead atoms. The lowest BCUT2D eigenvalue weighted by Crippen LogP contribution is -2.35. The highest BCUT2D eigenvalue weighted by Gasteiger charge is 2.18. The first-order chi connectivity index (χ1) is 9.54. The molecule has 0 aromatic heterocycles. The minimum absolute atomic E-state index is 0.212. The van der Waals surface area contributed by atoms with E-state index < -0.39 is 10.0 Å². The van der Waals surface area contributed by atoms with Gasteiger partial charge in [-0.05, 0) is 17.7 Å². The predicted molar refractivity (Wildman–Crippen MR) is 76.3 cm³/mol. The smallest absolute Gasteiger partial charge is 0.270 e. The highest BCUT2D eigenvalue weighted by Crippen LogP contribution is 2.16. The summed E-state index contributed by atoms with van der Waals surface area (Å²) in [5, 5.41) is 0. The Balaban J connectivity index is 2.08. The fourth-order valence-corrected chi connectivity index (χ4v) is 2.95.